The number of rotatable bonds is 4. The third-order valence-corrected chi connectivity index (χ3v) is 5.74. The van der Waals surface area contributed by atoms with Gasteiger partial charge in [0, 0.05) is 17.0 Å². The van der Waals surface area contributed by atoms with E-state index < -0.39 is 22.8 Å². The molecule has 0 aliphatic carbocycles. The monoisotopic (exact) mass is 423 g/mol. The number of halogens is 1. The second kappa shape index (κ2) is 7.84. The SMILES string of the molecule is CC(C)n1c(-c2ccccc2)cc2oc(=O)c(Sc3ccc(F)cc3)c(O)c2c1=O. The Balaban J connectivity index is 1.97. The highest BCUT2D eigenvalue weighted by atomic mass is 32.2. The lowest BCUT2D eigenvalue weighted by Crippen LogP contribution is -2.24. The van der Waals surface area contributed by atoms with Crippen LogP contribution in [0, 0.1) is 5.82 Å². The van der Waals surface area contributed by atoms with Gasteiger partial charge in [0.15, 0.2) is 5.75 Å². The molecule has 0 aliphatic heterocycles. The molecule has 0 saturated heterocycles. The minimum Gasteiger partial charge on any atom is -0.505 e. The van der Waals surface area contributed by atoms with E-state index >= 15 is 0 Å². The van der Waals surface area contributed by atoms with Crippen molar-refractivity contribution in [3.8, 4) is 17.0 Å². The van der Waals surface area contributed by atoms with Crippen molar-refractivity contribution >= 4 is 22.7 Å². The molecule has 0 atom stereocenters. The number of pyridine rings is 1. The Morgan fingerprint density at radius 2 is 1.70 bits per heavy atom. The summed E-state index contributed by atoms with van der Waals surface area (Å²) in [7, 11) is 0. The topological polar surface area (TPSA) is 72.4 Å². The van der Waals surface area contributed by atoms with Crippen LogP contribution in [0.25, 0.3) is 22.2 Å². The van der Waals surface area contributed by atoms with Gasteiger partial charge in [-0.2, -0.15) is 0 Å². The molecular formula is C23H18FNO4S. The first kappa shape index (κ1) is 20.0. The van der Waals surface area contributed by atoms with Crippen LogP contribution in [0.5, 0.6) is 5.75 Å². The standard InChI is InChI=1S/C23H18FNO4S/c1-13(2)25-17(14-6-4-3-5-7-14)12-18-19(22(25)27)20(26)21(23(28)29-18)30-16-10-8-15(24)9-11-16/h3-13,26H,1-2H3. The Labute approximate surface area is 175 Å². The van der Waals surface area contributed by atoms with E-state index in [1.54, 1.807) is 10.6 Å². The quantitative estimate of drug-likeness (QED) is 0.489. The second-order valence-electron chi connectivity index (χ2n) is 7.03. The van der Waals surface area contributed by atoms with Crippen molar-refractivity contribution in [2.45, 2.75) is 29.7 Å². The minimum absolute atomic E-state index is 0.0155. The van der Waals surface area contributed by atoms with Gasteiger partial charge in [-0.1, -0.05) is 42.1 Å². The fourth-order valence-corrected chi connectivity index (χ4v) is 4.14. The largest absolute Gasteiger partial charge is 0.505 e. The Hall–Kier alpha value is -3.32. The van der Waals surface area contributed by atoms with Gasteiger partial charge in [-0.15, -0.1) is 0 Å². The summed E-state index contributed by atoms with van der Waals surface area (Å²) >= 11 is 0.917. The van der Waals surface area contributed by atoms with Crippen LogP contribution in [-0.2, 0) is 0 Å². The van der Waals surface area contributed by atoms with Crippen molar-refractivity contribution in [1.82, 2.24) is 4.57 Å². The van der Waals surface area contributed by atoms with Crippen LogP contribution in [0.15, 0.2) is 84.5 Å². The zero-order chi connectivity index (χ0) is 21.4. The van der Waals surface area contributed by atoms with Crippen molar-refractivity contribution in [1.29, 1.82) is 0 Å². The minimum atomic E-state index is -0.768. The summed E-state index contributed by atoms with van der Waals surface area (Å²) in [4.78, 5) is 26.3. The summed E-state index contributed by atoms with van der Waals surface area (Å²) in [6, 6.07) is 16.1. The fraction of sp³-hybridized carbons (Fsp3) is 0.130. The Bertz CT molecular complexity index is 1340. The smallest absolute Gasteiger partial charge is 0.354 e. The molecular weight excluding hydrogens is 405 g/mol. The van der Waals surface area contributed by atoms with Crippen molar-refractivity contribution in [2.75, 3.05) is 0 Å². The third kappa shape index (κ3) is 3.52. The van der Waals surface area contributed by atoms with Crippen molar-refractivity contribution < 1.29 is 13.9 Å². The lowest BCUT2D eigenvalue weighted by atomic mass is 10.1. The Kier molecular flexibility index (Phi) is 5.22. The molecule has 4 aromatic rings. The van der Waals surface area contributed by atoms with Gasteiger partial charge in [0.05, 0.1) is 5.69 Å². The normalized spacial score (nSPS) is 11.3. The lowest BCUT2D eigenvalue weighted by Gasteiger charge is -2.18. The van der Waals surface area contributed by atoms with Gasteiger partial charge < -0.3 is 14.1 Å². The number of benzene rings is 2. The fourth-order valence-electron chi connectivity index (χ4n) is 3.31. The number of aromatic nitrogens is 1. The van der Waals surface area contributed by atoms with E-state index in [4.69, 9.17) is 4.42 Å². The lowest BCUT2D eigenvalue weighted by molar-refractivity contribution is 0.445. The molecule has 0 aliphatic rings. The molecule has 0 radical (unpaired) electrons. The molecule has 7 heteroatoms. The van der Waals surface area contributed by atoms with E-state index in [-0.39, 0.29) is 21.9 Å². The van der Waals surface area contributed by atoms with Crippen molar-refractivity contribution in [2.24, 2.45) is 0 Å². The van der Waals surface area contributed by atoms with Crippen molar-refractivity contribution in [3.05, 3.63) is 87.3 Å². The molecule has 2 aromatic carbocycles. The van der Waals surface area contributed by atoms with Crippen LogP contribution < -0.4 is 11.2 Å². The molecule has 2 heterocycles. The van der Waals surface area contributed by atoms with Crippen LogP contribution >= 0.6 is 11.8 Å². The van der Waals surface area contributed by atoms with Crippen LogP contribution in [0.1, 0.15) is 19.9 Å². The first-order chi connectivity index (χ1) is 14.4. The number of aromatic hydroxyl groups is 1. The molecule has 2 aromatic heterocycles. The van der Waals surface area contributed by atoms with Crippen molar-refractivity contribution in [3.63, 3.8) is 0 Å². The van der Waals surface area contributed by atoms with E-state index in [0.717, 1.165) is 17.3 Å². The molecule has 30 heavy (non-hydrogen) atoms. The van der Waals surface area contributed by atoms with E-state index in [2.05, 4.69) is 0 Å². The molecule has 152 valence electrons. The van der Waals surface area contributed by atoms with Gasteiger partial charge in [-0.05, 0) is 43.7 Å². The second-order valence-corrected chi connectivity index (χ2v) is 8.11. The summed E-state index contributed by atoms with van der Waals surface area (Å²) in [6.07, 6.45) is 0. The number of hydrogen-bond acceptors (Lipinski definition) is 5. The highest BCUT2D eigenvalue weighted by molar-refractivity contribution is 7.99. The predicted octanol–water partition coefficient (Wildman–Crippen LogP) is 5.20. The van der Waals surface area contributed by atoms with Gasteiger partial charge in [0.1, 0.15) is 21.7 Å². The maximum atomic E-state index is 13.3. The summed E-state index contributed by atoms with van der Waals surface area (Å²) in [5.74, 6) is -0.850. The summed E-state index contributed by atoms with van der Waals surface area (Å²) in [5.41, 5.74) is 0.169. The average Bonchev–Trinajstić information content (AvgIpc) is 2.72. The van der Waals surface area contributed by atoms with Gasteiger partial charge >= 0.3 is 5.63 Å². The van der Waals surface area contributed by atoms with Gasteiger partial charge in [0.25, 0.3) is 5.56 Å². The molecule has 1 N–H and O–H groups in total. The molecule has 0 spiro atoms. The summed E-state index contributed by atoms with van der Waals surface area (Å²) in [6.45, 7) is 3.73. The van der Waals surface area contributed by atoms with E-state index in [1.165, 1.54) is 24.3 Å². The van der Waals surface area contributed by atoms with E-state index in [1.807, 2.05) is 44.2 Å². The van der Waals surface area contributed by atoms with Gasteiger partial charge in [-0.3, -0.25) is 4.79 Å². The van der Waals surface area contributed by atoms with Crippen LogP contribution in [0.3, 0.4) is 0 Å². The maximum absolute atomic E-state index is 13.3. The van der Waals surface area contributed by atoms with E-state index in [0.29, 0.717) is 10.6 Å². The Morgan fingerprint density at radius 3 is 2.33 bits per heavy atom. The molecule has 0 amide bonds. The number of hydrogen-bond donors (Lipinski definition) is 1. The molecule has 4 rings (SSSR count). The van der Waals surface area contributed by atoms with Crippen LogP contribution in [0.2, 0.25) is 0 Å². The zero-order valence-electron chi connectivity index (χ0n) is 16.3. The Morgan fingerprint density at radius 1 is 1.03 bits per heavy atom. The third-order valence-electron chi connectivity index (χ3n) is 4.67. The van der Waals surface area contributed by atoms with Gasteiger partial charge in [0.2, 0.25) is 0 Å². The van der Waals surface area contributed by atoms with Gasteiger partial charge in [-0.25, -0.2) is 9.18 Å². The summed E-state index contributed by atoms with van der Waals surface area (Å²) < 4.78 is 20.1. The predicted molar refractivity (Wildman–Crippen MR) is 115 cm³/mol. The first-order valence-electron chi connectivity index (χ1n) is 9.31. The maximum Gasteiger partial charge on any atom is 0.354 e. The first-order valence-corrected chi connectivity index (χ1v) is 10.1. The zero-order valence-corrected chi connectivity index (χ0v) is 17.1. The molecule has 0 saturated carbocycles. The number of fused-ring (bicyclic) bond motifs is 1. The van der Waals surface area contributed by atoms with E-state index in [9.17, 15) is 19.1 Å². The number of nitrogens with zero attached hydrogens (tertiary/aromatic N) is 1. The van der Waals surface area contributed by atoms with Crippen LogP contribution in [0.4, 0.5) is 4.39 Å². The molecule has 0 unspecified atom stereocenters. The highest BCUT2D eigenvalue weighted by Gasteiger charge is 2.22. The summed E-state index contributed by atoms with van der Waals surface area (Å²) in [5, 5.41) is 10.8. The molecule has 0 fully saturated rings. The molecule has 5 nitrogen and oxygen atoms in total. The highest BCUT2D eigenvalue weighted by Crippen LogP contribution is 2.36. The van der Waals surface area contributed by atoms with Crippen LogP contribution in [-0.4, -0.2) is 9.67 Å². The average molecular weight is 423 g/mol. The molecule has 0 bridgehead atoms.